The molecular formula is C27H31ClN2O3. The molecule has 0 aliphatic carbocycles. The van der Waals surface area contributed by atoms with Crippen molar-refractivity contribution in [2.24, 2.45) is 5.92 Å². The topological polar surface area (TPSA) is 61.2 Å². The van der Waals surface area contributed by atoms with E-state index in [0.29, 0.717) is 18.0 Å². The van der Waals surface area contributed by atoms with E-state index in [9.17, 15) is 9.59 Å². The molecule has 0 N–H and O–H groups in total. The van der Waals surface area contributed by atoms with Crippen LogP contribution in [0.1, 0.15) is 51.4 Å². The highest BCUT2D eigenvalue weighted by Crippen LogP contribution is 2.26. The normalized spacial score (nSPS) is 11.7. The van der Waals surface area contributed by atoms with Crippen LogP contribution in [0.3, 0.4) is 0 Å². The van der Waals surface area contributed by atoms with E-state index in [1.54, 1.807) is 13.8 Å². The van der Waals surface area contributed by atoms with E-state index >= 15 is 0 Å². The van der Waals surface area contributed by atoms with Gasteiger partial charge in [0.15, 0.2) is 5.78 Å². The van der Waals surface area contributed by atoms with Crippen molar-refractivity contribution in [2.45, 2.75) is 59.8 Å². The molecule has 5 nitrogen and oxygen atoms in total. The predicted molar refractivity (Wildman–Crippen MR) is 131 cm³/mol. The minimum Gasteiger partial charge on any atom is -0.361 e. The number of rotatable bonds is 10. The van der Waals surface area contributed by atoms with Crippen LogP contribution in [0.2, 0.25) is 5.02 Å². The van der Waals surface area contributed by atoms with Gasteiger partial charge in [-0.2, -0.15) is 5.10 Å². The van der Waals surface area contributed by atoms with Crippen LogP contribution in [0.15, 0.2) is 54.6 Å². The Bertz CT molecular complexity index is 1150. The molecule has 0 atom stereocenters. The molecule has 0 radical (unpaired) electrons. The third-order valence-corrected chi connectivity index (χ3v) is 6.15. The van der Waals surface area contributed by atoms with E-state index in [1.165, 1.54) is 6.92 Å². The summed E-state index contributed by atoms with van der Waals surface area (Å²) < 4.78 is 7.75. The molecule has 1 heterocycles. The standard InChI is InChI=1S/C27H31ClN2O3/c1-18(2)26(32)14-20-9-8-11-21(13-20)25-15-23(17-33-27(4,5)19(3)31)29-30(25)16-22-10-6-7-12-24(22)28/h6-13,15,18H,14,16-17H2,1-5H3. The zero-order valence-corrected chi connectivity index (χ0v) is 20.6. The average molecular weight is 467 g/mol. The highest BCUT2D eigenvalue weighted by atomic mass is 35.5. The molecule has 0 saturated heterocycles. The first kappa shape index (κ1) is 24.9. The first-order chi connectivity index (χ1) is 15.6. The summed E-state index contributed by atoms with van der Waals surface area (Å²) in [5.74, 6) is 0.158. The highest BCUT2D eigenvalue weighted by molar-refractivity contribution is 6.31. The van der Waals surface area contributed by atoms with Crippen LogP contribution in [0.25, 0.3) is 11.3 Å². The van der Waals surface area contributed by atoms with Crippen molar-refractivity contribution in [2.75, 3.05) is 0 Å². The van der Waals surface area contributed by atoms with Crippen LogP contribution in [0, 0.1) is 5.92 Å². The molecule has 3 aromatic rings. The van der Waals surface area contributed by atoms with Crippen molar-refractivity contribution in [1.29, 1.82) is 0 Å². The molecule has 0 amide bonds. The fourth-order valence-corrected chi connectivity index (χ4v) is 3.48. The molecule has 0 saturated carbocycles. The van der Waals surface area contributed by atoms with Gasteiger partial charge in [-0.1, -0.05) is 61.8 Å². The molecule has 3 rings (SSSR count). The summed E-state index contributed by atoms with van der Waals surface area (Å²) in [4.78, 5) is 24.1. The number of carbonyl (C=O) groups excluding carboxylic acids is 2. The van der Waals surface area contributed by atoms with E-state index in [0.717, 1.165) is 28.1 Å². The Balaban J connectivity index is 1.96. The second-order valence-corrected chi connectivity index (χ2v) is 9.53. The summed E-state index contributed by atoms with van der Waals surface area (Å²) in [5, 5.41) is 5.43. The average Bonchev–Trinajstić information content (AvgIpc) is 3.17. The molecule has 6 heteroatoms. The number of Topliss-reactive ketones (excluding diaryl/α,β-unsaturated/α-hetero) is 2. The maximum atomic E-state index is 12.3. The number of halogens is 1. The Morgan fingerprint density at radius 3 is 2.48 bits per heavy atom. The monoisotopic (exact) mass is 466 g/mol. The van der Waals surface area contributed by atoms with E-state index in [4.69, 9.17) is 21.4 Å². The van der Waals surface area contributed by atoms with Gasteiger partial charge in [0.1, 0.15) is 11.4 Å². The minimum atomic E-state index is -0.885. The fraction of sp³-hybridized carbons (Fsp3) is 0.370. The van der Waals surface area contributed by atoms with Crippen molar-refractivity contribution in [3.05, 3.63) is 76.4 Å². The minimum absolute atomic E-state index is 0.00668. The number of benzene rings is 2. The SMILES string of the molecule is CC(=O)C(C)(C)OCc1cc(-c2cccc(CC(=O)C(C)C)c2)n(Cc2ccccc2Cl)n1. The second-order valence-electron chi connectivity index (χ2n) is 9.12. The van der Waals surface area contributed by atoms with Gasteiger partial charge in [0.05, 0.1) is 24.5 Å². The van der Waals surface area contributed by atoms with E-state index in [1.807, 2.05) is 73.1 Å². The molecular weight excluding hydrogens is 436 g/mol. The maximum absolute atomic E-state index is 12.3. The number of aromatic nitrogens is 2. The summed E-state index contributed by atoms with van der Waals surface area (Å²) in [7, 11) is 0. The van der Waals surface area contributed by atoms with Crippen LogP contribution in [-0.2, 0) is 33.9 Å². The van der Waals surface area contributed by atoms with Crippen LogP contribution >= 0.6 is 11.6 Å². The molecule has 0 aliphatic heterocycles. The van der Waals surface area contributed by atoms with Gasteiger partial charge >= 0.3 is 0 Å². The molecule has 0 spiro atoms. The Labute approximate surface area is 200 Å². The Morgan fingerprint density at radius 1 is 1.09 bits per heavy atom. The molecule has 2 aromatic carbocycles. The van der Waals surface area contributed by atoms with Gasteiger partial charge in [-0.15, -0.1) is 0 Å². The van der Waals surface area contributed by atoms with Gasteiger partial charge in [0.2, 0.25) is 0 Å². The largest absolute Gasteiger partial charge is 0.361 e. The second kappa shape index (κ2) is 10.4. The molecule has 1 aromatic heterocycles. The Hall–Kier alpha value is -2.76. The van der Waals surface area contributed by atoms with Gasteiger partial charge in [-0.25, -0.2) is 0 Å². The zero-order valence-electron chi connectivity index (χ0n) is 19.9. The molecule has 0 fully saturated rings. The van der Waals surface area contributed by atoms with E-state index in [-0.39, 0.29) is 24.1 Å². The quantitative estimate of drug-likeness (QED) is 0.373. The number of ether oxygens (including phenoxy) is 1. The van der Waals surface area contributed by atoms with Crippen molar-refractivity contribution in [3.63, 3.8) is 0 Å². The van der Waals surface area contributed by atoms with Crippen molar-refractivity contribution in [1.82, 2.24) is 9.78 Å². The van der Waals surface area contributed by atoms with Gasteiger partial charge in [-0.05, 0) is 50.1 Å². The first-order valence-electron chi connectivity index (χ1n) is 11.1. The summed E-state index contributed by atoms with van der Waals surface area (Å²) in [5.41, 5.74) is 3.60. The third-order valence-electron chi connectivity index (χ3n) is 5.78. The smallest absolute Gasteiger partial charge is 0.161 e. The lowest BCUT2D eigenvalue weighted by Crippen LogP contribution is -2.32. The summed E-state index contributed by atoms with van der Waals surface area (Å²) in [6.45, 7) is 9.56. The lowest BCUT2D eigenvalue weighted by atomic mass is 9.99. The van der Waals surface area contributed by atoms with Crippen LogP contribution in [-0.4, -0.2) is 26.9 Å². The number of nitrogens with zero attached hydrogens (tertiary/aromatic N) is 2. The van der Waals surface area contributed by atoms with Gasteiger partial charge in [0, 0.05) is 22.9 Å². The third kappa shape index (κ3) is 6.40. The first-order valence-corrected chi connectivity index (χ1v) is 11.5. The Kier molecular flexibility index (Phi) is 7.88. The molecule has 0 unspecified atom stereocenters. The fourth-order valence-electron chi connectivity index (χ4n) is 3.28. The highest BCUT2D eigenvalue weighted by Gasteiger charge is 2.25. The lowest BCUT2D eigenvalue weighted by Gasteiger charge is -2.21. The van der Waals surface area contributed by atoms with Crippen molar-refractivity contribution < 1.29 is 14.3 Å². The number of hydrogen-bond acceptors (Lipinski definition) is 4. The van der Waals surface area contributed by atoms with Gasteiger partial charge in [-0.3, -0.25) is 14.3 Å². The van der Waals surface area contributed by atoms with Gasteiger partial charge in [0.25, 0.3) is 0 Å². The van der Waals surface area contributed by atoms with Crippen LogP contribution in [0.4, 0.5) is 0 Å². The van der Waals surface area contributed by atoms with Crippen molar-refractivity contribution >= 4 is 23.2 Å². The number of hydrogen-bond donors (Lipinski definition) is 0. The number of ketones is 2. The van der Waals surface area contributed by atoms with E-state index in [2.05, 4.69) is 0 Å². The predicted octanol–water partition coefficient (Wildman–Crippen LogP) is 5.90. The molecule has 33 heavy (non-hydrogen) atoms. The van der Waals surface area contributed by atoms with Crippen molar-refractivity contribution in [3.8, 4) is 11.3 Å². The van der Waals surface area contributed by atoms with Crippen LogP contribution < -0.4 is 0 Å². The molecule has 174 valence electrons. The summed E-state index contributed by atoms with van der Waals surface area (Å²) in [6, 6.07) is 17.6. The Morgan fingerprint density at radius 2 is 1.82 bits per heavy atom. The zero-order chi connectivity index (χ0) is 24.2. The summed E-state index contributed by atoms with van der Waals surface area (Å²) in [6.07, 6.45) is 0.396. The maximum Gasteiger partial charge on any atom is 0.161 e. The lowest BCUT2D eigenvalue weighted by molar-refractivity contribution is -0.139. The van der Waals surface area contributed by atoms with Gasteiger partial charge < -0.3 is 4.74 Å². The van der Waals surface area contributed by atoms with Crippen LogP contribution in [0.5, 0.6) is 0 Å². The van der Waals surface area contributed by atoms with E-state index < -0.39 is 5.60 Å². The molecule has 0 bridgehead atoms. The summed E-state index contributed by atoms with van der Waals surface area (Å²) >= 11 is 6.41. The molecule has 0 aliphatic rings. The number of carbonyl (C=O) groups is 2.